The summed E-state index contributed by atoms with van der Waals surface area (Å²) in [4.78, 5) is 29.8. The van der Waals surface area contributed by atoms with Gasteiger partial charge in [0, 0.05) is 11.6 Å². The number of benzene rings is 2. The summed E-state index contributed by atoms with van der Waals surface area (Å²) < 4.78 is 0. The molecule has 1 heterocycles. The maximum atomic E-state index is 11.6. The van der Waals surface area contributed by atoms with Crippen LogP contribution in [0.1, 0.15) is 50.9 Å². The Morgan fingerprint density at radius 2 is 1.83 bits per heavy atom. The van der Waals surface area contributed by atoms with Crippen molar-refractivity contribution in [1.82, 2.24) is 9.97 Å². The largest absolute Gasteiger partial charge is 0.325 e. The lowest BCUT2D eigenvalue weighted by Crippen LogP contribution is -2.12. The first kappa shape index (κ1) is 22.7. The fraction of sp³-hybridized carbons (Fsp3) is 0.348. The van der Waals surface area contributed by atoms with Crippen molar-refractivity contribution in [1.29, 1.82) is 0 Å². The van der Waals surface area contributed by atoms with E-state index in [-0.39, 0.29) is 23.1 Å². The summed E-state index contributed by atoms with van der Waals surface area (Å²) in [5.41, 5.74) is 2.87. The maximum absolute atomic E-state index is 11.6. The number of carbonyl (C=O) groups excluding carboxylic acids is 1. The van der Waals surface area contributed by atoms with Gasteiger partial charge in [0.1, 0.15) is 5.82 Å². The molecule has 5 nitrogen and oxygen atoms in total. The molecule has 29 heavy (non-hydrogen) atoms. The minimum absolute atomic E-state index is 0.0562. The lowest BCUT2D eigenvalue weighted by Gasteiger charge is -2.04. The number of hydrogen-bond donors (Lipinski definition) is 3. The fourth-order valence-electron chi connectivity index (χ4n) is 2.71. The number of aromatic nitrogens is 2. The van der Waals surface area contributed by atoms with Gasteiger partial charge in [0.25, 0.3) is 5.56 Å². The predicted molar refractivity (Wildman–Crippen MR) is 124 cm³/mol. The number of carbonyl (C=O) groups is 1. The number of rotatable bonds is 6. The van der Waals surface area contributed by atoms with Gasteiger partial charge in [-0.2, -0.15) is 12.6 Å². The van der Waals surface area contributed by atoms with E-state index in [9.17, 15) is 9.59 Å². The molecule has 0 aliphatic heterocycles. The van der Waals surface area contributed by atoms with E-state index in [1.54, 1.807) is 6.07 Å². The molecule has 3 aromatic rings. The quantitative estimate of drug-likeness (QED) is 0.503. The molecule has 154 valence electrons. The number of unbranched alkanes of at least 4 members (excludes halogenated alkanes) is 1. The zero-order valence-corrected chi connectivity index (χ0v) is 18.1. The molecule has 0 radical (unpaired) electrons. The highest BCUT2D eigenvalue weighted by atomic mass is 32.1. The van der Waals surface area contributed by atoms with Gasteiger partial charge in [-0.1, -0.05) is 51.5 Å². The molecule has 1 aromatic heterocycles. The Balaban J connectivity index is 0.000000207. The average Bonchev–Trinajstić information content (AvgIpc) is 2.73. The topological polar surface area (TPSA) is 74.8 Å². The Hall–Kier alpha value is -2.60. The van der Waals surface area contributed by atoms with E-state index in [4.69, 9.17) is 0 Å². The SMILES string of the molecule is CC(C)c1nc2ccccc2c(=O)[nH]1.CCCCc1ccc(NC(=O)CS)cc1. The minimum Gasteiger partial charge on any atom is -0.325 e. The Bertz CT molecular complexity index is 981. The van der Waals surface area contributed by atoms with Gasteiger partial charge >= 0.3 is 0 Å². The van der Waals surface area contributed by atoms with Crippen molar-refractivity contribution >= 4 is 35.1 Å². The molecule has 0 fully saturated rings. The number of para-hydroxylation sites is 1. The van der Waals surface area contributed by atoms with E-state index in [2.05, 4.69) is 47.0 Å². The van der Waals surface area contributed by atoms with Crippen molar-refractivity contribution in [2.75, 3.05) is 11.1 Å². The number of amides is 1. The number of anilines is 1. The fourth-order valence-corrected chi connectivity index (χ4v) is 2.79. The monoisotopic (exact) mass is 411 g/mol. The zero-order chi connectivity index (χ0) is 21.2. The molecule has 0 saturated carbocycles. The Labute approximate surface area is 177 Å². The molecule has 2 N–H and O–H groups in total. The molecule has 6 heteroatoms. The number of nitrogens with zero attached hydrogens (tertiary/aromatic N) is 1. The highest BCUT2D eigenvalue weighted by Gasteiger charge is 2.05. The molecule has 0 unspecified atom stereocenters. The molecule has 1 amide bonds. The number of H-pyrrole nitrogens is 1. The number of nitrogens with one attached hydrogen (secondary N) is 2. The minimum atomic E-state index is -0.0698. The predicted octanol–water partition coefficient (Wildman–Crippen LogP) is 4.94. The zero-order valence-electron chi connectivity index (χ0n) is 17.2. The number of hydrogen-bond acceptors (Lipinski definition) is 4. The average molecular weight is 412 g/mol. The molecule has 0 bridgehead atoms. The summed E-state index contributed by atoms with van der Waals surface area (Å²) in [6, 6.07) is 15.4. The Kier molecular flexibility index (Phi) is 8.93. The van der Waals surface area contributed by atoms with Crippen LogP contribution in [0.5, 0.6) is 0 Å². The van der Waals surface area contributed by atoms with Crippen LogP contribution in [-0.4, -0.2) is 21.6 Å². The van der Waals surface area contributed by atoms with Crippen LogP contribution >= 0.6 is 12.6 Å². The summed E-state index contributed by atoms with van der Waals surface area (Å²) in [6.07, 6.45) is 3.53. The van der Waals surface area contributed by atoms with Gasteiger partial charge in [0.15, 0.2) is 0 Å². The van der Waals surface area contributed by atoms with Gasteiger partial charge < -0.3 is 10.3 Å². The van der Waals surface area contributed by atoms with Crippen molar-refractivity contribution in [3.8, 4) is 0 Å². The van der Waals surface area contributed by atoms with E-state index in [1.807, 2.05) is 44.2 Å². The van der Waals surface area contributed by atoms with Crippen molar-refractivity contribution in [2.45, 2.75) is 46.0 Å². The molecular weight excluding hydrogens is 382 g/mol. The summed E-state index contributed by atoms with van der Waals surface area (Å²) in [7, 11) is 0. The Morgan fingerprint density at radius 3 is 2.45 bits per heavy atom. The van der Waals surface area contributed by atoms with Crippen LogP contribution in [0.15, 0.2) is 53.3 Å². The van der Waals surface area contributed by atoms with Crippen LogP contribution in [-0.2, 0) is 11.2 Å². The number of aromatic amines is 1. The molecule has 0 atom stereocenters. The highest BCUT2D eigenvalue weighted by molar-refractivity contribution is 7.81. The first-order valence-electron chi connectivity index (χ1n) is 9.93. The van der Waals surface area contributed by atoms with Gasteiger partial charge in [0.05, 0.1) is 16.7 Å². The molecule has 0 aliphatic carbocycles. The summed E-state index contributed by atoms with van der Waals surface area (Å²) in [5, 5.41) is 3.41. The van der Waals surface area contributed by atoms with Gasteiger partial charge in [0.2, 0.25) is 5.91 Å². The number of aryl methyl sites for hydroxylation is 1. The lowest BCUT2D eigenvalue weighted by molar-refractivity contribution is -0.113. The van der Waals surface area contributed by atoms with Crippen LogP contribution in [0.3, 0.4) is 0 Å². The van der Waals surface area contributed by atoms with E-state index in [0.717, 1.165) is 23.4 Å². The molecule has 0 spiro atoms. The van der Waals surface area contributed by atoms with Gasteiger partial charge in [-0.05, 0) is 42.7 Å². The molecule has 0 saturated heterocycles. The van der Waals surface area contributed by atoms with E-state index in [1.165, 1.54) is 18.4 Å². The van der Waals surface area contributed by atoms with Crippen LogP contribution in [0.25, 0.3) is 10.9 Å². The highest BCUT2D eigenvalue weighted by Crippen LogP contribution is 2.12. The van der Waals surface area contributed by atoms with Crippen molar-refractivity contribution < 1.29 is 4.79 Å². The Morgan fingerprint density at radius 1 is 1.14 bits per heavy atom. The van der Waals surface area contributed by atoms with Gasteiger partial charge in [-0.3, -0.25) is 9.59 Å². The summed E-state index contributed by atoms with van der Waals surface area (Å²) >= 11 is 3.90. The summed E-state index contributed by atoms with van der Waals surface area (Å²) in [5.74, 6) is 1.14. The molecule has 0 aliphatic rings. The third-order valence-electron chi connectivity index (χ3n) is 4.38. The first-order chi connectivity index (χ1) is 13.9. The third-order valence-corrected chi connectivity index (χ3v) is 4.67. The molecule has 3 rings (SSSR count). The normalized spacial score (nSPS) is 10.5. The van der Waals surface area contributed by atoms with Crippen LogP contribution in [0.4, 0.5) is 5.69 Å². The van der Waals surface area contributed by atoms with Crippen molar-refractivity contribution in [3.63, 3.8) is 0 Å². The maximum Gasteiger partial charge on any atom is 0.258 e. The summed E-state index contributed by atoms with van der Waals surface area (Å²) in [6.45, 7) is 6.20. The van der Waals surface area contributed by atoms with Crippen LogP contribution in [0, 0.1) is 0 Å². The number of thiol groups is 1. The number of fused-ring (bicyclic) bond motifs is 1. The van der Waals surface area contributed by atoms with Crippen molar-refractivity contribution in [2.24, 2.45) is 0 Å². The van der Waals surface area contributed by atoms with Crippen LogP contribution in [0.2, 0.25) is 0 Å². The van der Waals surface area contributed by atoms with Gasteiger partial charge in [-0.15, -0.1) is 0 Å². The van der Waals surface area contributed by atoms with E-state index >= 15 is 0 Å². The van der Waals surface area contributed by atoms with Gasteiger partial charge in [-0.25, -0.2) is 4.98 Å². The van der Waals surface area contributed by atoms with E-state index in [0.29, 0.717) is 5.39 Å². The standard InChI is InChI=1S/C12H17NOS.C11H12N2O/c1-2-3-4-10-5-7-11(8-6-10)13-12(14)9-15;1-7(2)10-12-9-6-4-3-5-8(9)11(14)13-10/h5-8,15H,2-4,9H2,1H3,(H,13,14);3-7H,1-2H3,(H,12,13,14). The molecule has 2 aromatic carbocycles. The molecular formula is C23H29N3O2S. The third kappa shape index (κ3) is 7.06. The lowest BCUT2D eigenvalue weighted by atomic mass is 10.1. The first-order valence-corrected chi connectivity index (χ1v) is 10.6. The second-order valence-electron chi connectivity index (χ2n) is 7.13. The second-order valence-corrected chi connectivity index (χ2v) is 7.45. The second kappa shape index (κ2) is 11.4. The van der Waals surface area contributed by atoms with Crippen molar-refractivity contribution in [3.05, 3.63) is 70.3 Å². The smallest absolute Gasteiger partial charge is 0.258 e. The van der Waals surface area contributed by atoms with E-state index < -0.39 is 0 Å². The van der Waals surface area contributed by atoms with Crippen LogP contribution < -0.4 is 10.9 Å².